The molecule has 1 amide bonds. The van der Waals surface area contributed by atoms with Gasteiger partial charge < -0.3 is 10.1 Å². The molecule has 0 unspecified atom stereocenters. The molecule has 3 aliphatic carbocycles. The average molecular weight is 253 g/mol. The molecule has 0 aromatic carbocycles. The van der Waals surface area contributed by atoms with Gasteiger partial charge in [-0.15, -0.1) is 0 Å². The zero-order chi connectivity index (χ0) is 13.6. The second kappa shape index (κ2) is 3.97. The minimum Gasteiger partial charge on any atom is -0.444 e. The summed E-state index contributed by atoms with van der Waals surface area (Å²) in [6, 6.07) is 0. The number of fused-ring (bicyclic) bond motifs is 1. The Morgan fingerprint density at radius 3 is 2.33 bits per heavy atom. The van der Waals surface area contributed by atoms with Crippen LogP contribution in [0.4, 0.5) is 4.79 Å². The lowest BCUT2D eigenvalue weighted by atomic mass is 9.62. The Balaban J connectivity index is 1.91. The molecule has 0 heterocycles. The number of alkyl carbamates (subject to hydrolysis) is 1. The molecule has 3 saturated carbocycles. The molecule has 0 atom stereocenters. The molecule has 1 N–H and O–H groups in total. The number of hydrogen-bond acceptors (Lipinski definition) is 3. The monoisotopic (exact) mass is 253 g/mol. The number of hydrogen-bond donors (Lipinski definition) is 1. The van der Waals surface area contributed by atoms with E-state index in [9.17, 15) is 9.59 Å². The summed E-state index contributed by atoms with van der Waals surface area (Å²) in [7, 11) is 0. The standard InChI is InChI=1S/C14H23NO3/c1-5-10(16)13-6-7-14(8-13,9-13)15-11(17)18-12(2,3)4/h5-9H2,1-4H3,(H,15,17). The fourth-order valence-electron chi connectivity index (χ4n) is 3.46. The van der Waals surface area contributed by atoms with Crippen molar-refractivity contribution in [2.75, 3.05) is 0 Å². The molecule has 18 heavy (non-hydrogen) atoms. The molecule has 0 aromatic heterocycles. The lowest BCUT2D eigenvalue weighted by Gasteiger charge is -2.46. The van der Waals surface area contributed by atoms with Gasteiger partial charge in [0.25, 0.3) is 0 Å². The van der Waals surface area contributed by atoms with Gasteiger partial charge in [0.1, 0.15) is 11.4 Å². The van der Waals surface area contributed by atoms with Gasteiger partial charge in [-0.25, -0.2) is 4.79 Å². The normalized spacial score (nSPS) is 33.8. The molecule has 102 valence electrons. The number of carbonyl (C=O) groups is 2. The second-order valence-electron chi connectivity index (χ2n) is 6.82. The predicted molar refractivity (Wildman–Crippen MR) is 68.3 cm³/mol. The van der Waals surface area contributed by atoms with Crippen LogP contribution < -0.4 is 5.32 Å². The molecule has 4 heteroatoms. The SMILES string of the molecule is CCC(=O)C12CCC(NC(=O)OC(C)(C)C)(C1)C2. The Bertz CT molecular complexity index is 375. The van der Waals surface area contributed by atoms with Gasteiger partial charge >= 0.3 is 6.09 Å². The first-order chi connectivity index (χ1) is 8.20. The van der Waals surface area contributed by atoms with E-state index in [2.05, 4.69) is 5.32 Å². The van der Waals surface area contributed by atoms with E-state index in [0.29, 0.717) is 12.2 Å². The van der Waals surface area contributed by atoms with Gasteiger partial charge in [-0.1, -0.05) is 6.92 Å². The minimum absolute atomic E-state index is 0.135. The van der Waals surface area contributed by atoms with E-state index in [-0.39, 0.29) is 17.0 Å². The van der Waals surface area contributed by atoms with Crippen molar-refractivity contribution in [3.05, 3.63) is 0 Å². The summed E-state index contributed by atoms with van der Waals surface area (Å²) >= 11 is 0. The van der Waals surface area contributed by atoms with Gasteiger partial charge in [-0.2, -0.15) is 0 Å². The zero-order valence-corrected chi connectivity index (χ0v) is 11.8. The first-order valence-corrected chi connectivity index (χ1v) is 6.75. The van der Waals surface area contributed by atoms with Crippen LogP contribution in [-0.2, 0) is 9.53 Å². The summed E-state index contributed by atoms with van der Waals surface area (Å²) in [6.45, 7) is 7.47. The Labute approximate surface area is 108 Å². The highest BCUT2D eigenvalue weighted by molar-refractivity contribution is 5.87. The third-order valence-corrected chi connectivity index (χ3v) is 4.11. The smallest absolute Gasteiger partial charge is 0.408 e. The van der Waals surface area contributed by atoms with Crippen molar-refractivity contribution in [3.8, 4) is 0 Å². The van der Waals surface area contributed by atoms with E-state index in [0.717, 1.165) is 25.7 Å². The first kappa shape index (κ1) is 13.4. The number of carbonyl (C=O) groups excluding carboxylic acids is 2. The van der Waals surface area contributed by atoms with Gasteiger partial charge in [-0.3, -0.25) is 4.79 Å². The van der Waals surface area contributed by atoms with E-state index in [1.54, 1.807) is 0 Å². The number of ketones is 1. The van der Waals surface area contributed by atoms with Crippen LogP contribution in [0.2, 0.25) is 0 Å². The Kier molecular flexibility index (Phi) is 2.95. The van der Waals surface area contributed by atoms with Crippen molar-refractivity contribution in [2.45, 2.75) is 70.9 Å². The highest BCUT2D eigenvalue weighted by Crippen LogP contribution is 2.62. The van der Waals surface area contributed by atoms with Crippen molar-refractivity contribution in [3.63, 3.8) is 0 Å². The highest BCUT2D eigenvalue weighted by atomic mass is 16.6. The summed E-state index contributed by atoms with van der Waals surface area (Å²) in [4.78, 5) is 23.7. The fraction of sp³-hybridized carbons (Fsp3) is 0.857. The van der Waals surface area contributed by atoms with Crippen molar-refractivity contribution in [1.29, 1.82) is 0 Å². The van der Waals surface area contributed by atoms with Gasteiger partial charge in [0.2, 0.25) is 0 Å². The maximum Gasteiger partial charge on any atom is 0.408 e. The molecule has 0 aliphatic heterocycles. The maximum absolute atomic E-state index is 11.9. The molecule has 0 radical (unpaired) electrons. The topological polar surface area (TPSA) is 55.4 Å². The van der Waals surface area contributed by atoms with E-state index < -0.39 is 5.60 Å². The van der Waals surface area contributed by atoms with Crippen molar-refractivity contribution < 1.29 is 14.3 Å². The molecule has 3 fully saturated rings. The lowest BCUT2D eigenvalue weighted by Crippen LogP contribution is -2.58. The molecular weight excluding hydrogens is 230 g/mol. The third kappa shape index (κ3) is 2.25. The van der Waals surface area contributed by atoms with Crippen LogP contribution in [-0.4, -0.2) is 23.0 Å². The van der Waals surface area contributed by atoms with Crippen molar-refractivity contribution in [1.82, 2.24) is 5.32 Å². The van der Waals surface area contributed by atoms with Gasteiger partial charge in [-0.05, 0) is 46.5 Å². The largest absolute Gasteiger partial charge is 0.444 e. The molecule has 2 bridgehead atoms. The Hall–Kier alpha value is -1.06. The molecule has 3 aliphatic rings. The van der Waals surface area contributed by atoms with Crippen LogP contribution in [0.1, 0.15) is 59.8 Å². The Morgan fingerprint density at radius 2 is 1.83 bits per heavy atom. The maximum atomic E-state index is 11.9. The summed E-state index contributed by atoms with van der Waals surface area (Å²) in [6.07, 6.45) is 3.65. The third-order valence-electron chi connectivity index (χ3n) is 4.11. The molecule has 0 spiro atoms. The fourth-order valence-corrected chi connectivity index (χ4v) is 3.46. The molecule has 3 rings (SSSR count). The van der Waals surface area contributed by atoms with Crippen LogP contribution >= 0.6 is 0 Å². The summed E-state index contributed by atoms with van der Waals surface area (Å²) in [5.41, 5.74) is -0.781. The summed E-state index contributed by atoms with van der Waals surface area (Å²) < 4.78 is 5.27. The average Bonchev–Trinajstić information content (AvgIpc) is 2.68. The van der Waals surface area contributed by atoms with Gasteiger partial charge in [0.15, 0.2) is 0 Å². The number of Topliss-reactive ketones (excluding diaryl/α,β-unsaturated/α-hetero) is 1. The number of amides is 1. The number of nitrogens with one attached hydrogen (secondary N) is 1. The van der Waals surface area contributed by atoms with Gasteiger partial charge in [0, 0.05) is 17.4 Å². The van der Waals surface area contributed by atoms with E-state index in [1.165, 1.54) is 0 Å². The lowest BCUT2D eigenvalue weighted by molar-refractivity contribution is -0.133. The minimum atomic E-state index is -0.473. The molecule has 0 saturated heterocycles. The first-order valence-electron chi connectivity index (χ1n) is 6.75. The van der Waals surface area contributed by atoms with Crippen LogP contribution in [0.25, 0.3) is 0 Å². The van der Waals surface area contributed by atoms with E-state index in [1.807, 2.05) is 27.7 Å². The Morgan fingerprint density at radius 1 is 1.22 bits per heavy atom. The van der Waals surface area contributed by atoms with E-state index in [4.69, 9.17) is 4.74 Å². The molecule has 0 aromatic rings. The van der Waals surface area contributed by atoms with Crippen LogP contribution in [0.5, 0.6) is 0 Å². The predicted octanol–water partition coefficient (Wildman–Crippen LogP) is 2.80. The quantitative estimate of drug-likeness (QED) is 0.841. The van der Waals surface area contributed by atoms with Gasteiger partial charge in [0.05, 0.1) is 0 Å². The van der Waals surface area contributed by atoms with Crippen LogP contribution in [0, 0.1) is 5.41 Å². The molecule has 4 nitrogen and oxygen atoms in total. The van der Waals surface area contributed by atoms with E-state index >= 15 is 0 Å². The van der Waals surface area contributed by atoms with Crippen LogP contribution in [0.3, 0.4) is 0 Å². The second-order valence-corrected chi connectivity index (χ2v) is 6.82. The number of ether oxygens (including phenoxy) is 1. The molecular formula is C14H23NO3. The van der Waals surface area contributed by atoms with Crippen molar-refractivity contribution in [2.24, 2.45) is 5.41 Å². The summed E-state index contributed by atoms with van der Waals surface area (Å²) in [5, 5.41) is 2.97. The van der Waals surface area contributed by atoms with Crippen LogP contribution in [0.15, 0.2) is 0 Å². The summed E-state index contributed by atoms with van der Waals surface area (Å²) in [5.74, 6) is 0.349. The zero-order valence-electron chi connectivity index (χ0n) is 11.8. The number of rotatable bonds is 3. The highest BCUT2D eigenvalue weighted by Gasteiger charge is 2.64. The van der Waals surface area contributed by atoms with Crippen molar-refractivity contribution >= 4 is 11.9 Å².